The first kappa shape index (κ1) is 18.0. The predicted octanol–water partition coefficient (Wildman–Crippen LogP) is 4.33. The van der Waals surface area contributed by atoms with Crippen molar-refractivity contribution in [3.8, 4) is 0 Å². The lowest BCUT2D eigenvalue weighted by Gasteiger charge is -2.22. The second-order valence-corrected chi connectivity index (χ2v) is 7.59. The lowest BCUT2D eigenvalue weighted by Crippen LogP contribution is -2.21. The Balaban J connectivity index is 2.22. The number of rotatable bonds is 1. The Morgan fingerprint density at radius 1 is 1.39 bits per heavy atom. The number of allylic oxidation sites excluding steroid dienone is 2. The van der Waals surface area contributed by atoms with Gasteiger partial charge in [0, 0.05) is 12.0 Å². The van der Waals surface area contributed by atoms with Crippen molar-refractivity contribution in [2.75, 3.05) is 0 Å². The van der Waals surface area contributed by atoms with Crippen molar-refractivity contribution in [2.24, 2.45) is 11.8 Å². The number of esters is 1. The van der Waals surface area contributed by atoms with E-state index >= 15 is 0 Å². The first-order valence-corrected chi connectivity index (χ1v) is 8.76. The molecular formula is C20H30O3. The van der Waals surface area contributed by atoms with Gasteiger partial charge in [-0.2, -0.15) is 0 Å². The predicted molar refractivity (Wildman–Crippen MR) is 92.9 cm³/mol. The van der Waals surface area contributed by atoms with E-state index in [-0.39, 0.29) is 12.1 Å². The Kier molecular flexibility index (Phi) is 5.85. The summed E-state index contributed by atoms with van der Waals surface area (Å²) in [6.07, 6.45) is 12.0. The van der Waals surface area contributed by atoms with Crippen molar-refractivity contribution in [2.45, 2.75) is 71.5 Å². The van der Waals surface area contributed by atoms with Gasteiger partial charge in [0.1, 0.15) is 6.10 Å². The quantitative estimate of drug-likeness (QED) is 0.578. The molecule has 23 heavy (non-hydrogen) atoms. The van der Waals surface area contributed by atoms with Crippen molar-refractivity contribution in [1.82, 2.24) is 0 Å². The number of carbonyl (C=O) groups is 1. The summed E-state index contributed by atoms with van der Waals surface area (Å²) in [7, 11) is 0. The SMILES string of the molecule is CC1=CCC[C@](C)(O)/C=C/[C@@H](C(C)C)CCC2=C[C@@H](C1)OC2=O. The van der Waals surface area contributed by atoms with E-state index in [4.69, 9.17) is 4.74 Å². The third-order valence-electron chi connectivity index (χ3n) is 4.88. The number of aliphatic hydroxyl groups is 1. The molecule has 0 radical (unpaired) electrons. The van der Waals surface area contributed by atoms with Gasteiger partial charge >= 0.3 is 5.97 Å². The normalized spacial score (nSPS) is 34.4. The molecule has 1 heterocycles. The molecule has 0 fully saturated rings. The Bertz CT molecular complexity index is 523. The minimum atomic E-state index is -0.779. The summed E-state index contributed by atoms with van der Waals surface area (Å²) >= 11 is 0. The summed E-state index contributed by atoms with van der Waals surface area (Å²) in [5.41, 5.74) is 1.24. The average molecular weight is 318 g/mol. The summed E-state index contributed by atoms with van der Waals surface area (Å²) in [5.74, 6) is 0.677. The fraction of sp³-hybridized carbons (Fsp3) is 0.650. The zero-order valence-electron chi connectivity index (χ0n) is 14.8. The number of hydrogen-bond acceptors (Lipinski definition) is 3. The van der Waals surface area contributed by atoms with Crippen LogP contribution in [0.3, 0.4) is 0 Å². The summed E-state index contributed by atoms with van der Waals surface area (Å²) in [5, 5.41) is 10.5. The van der Waals surface area contributed by atoms with E-state index < -0.39 is 5.60 Å². The summed E-state index contributed by atoms with van der Waals surface area (Å²) in [6, 6.07) is 0. The van der Waals surface area contributed by atoms with Crippen LogP contribution in [-0.4, -0.2) is 22.8 Å². The standard InChI is InChI=1S/C20H30O3/c1-14(2)16-7-8-17-13-18(23-19(17)21)12-15(3)6-5-10-20(4,22)11-9-16/h6,9,11,13-14,16,18,22H,5,7-8,10,12H2,1-4H3/b11-9+,15-6?/t16-,18+,20-/m0/s1. The molecule has 0 aromatic carbocycles. The van der Waals surface area contributed by atoms with Crippen molar-refractivity contribution < 1.29 is 14.6 Å². The van der Waals surface area contributed by atoms with Gasteiger partial charge in [-0.1, -0.05) is 37.6 Å². The summed E-state index contributed by atoms with van der Waals surface area (Å²) in [6.45, 7) is 8.30. The number of fused-ring (bicyclic) bond motifs is 1. The van der Waals surface area contributed by atoms with E-state index in [1.807, 2.05) is 19.1 Å². The van der Waals surface area contributed by atoms with Crippen molar-refractivity contribution in [1.29, 1.82) is 0 Å². The summed E-state index contributed by atoms with van der Waals surface area (Å²) in [4.78, 5) is 12.0. The maximum absolute atomic E-state index is 12.0. The minimum Gasteiger partial charge on any atom is -0.454 e. The molecule has 128 valence electrons. The zero-order chi connectivity index (χ0) is 17.0. The Morgan fingerprint density at radius 3 is 2.83 bits per heavy atom. The molecule has 3 nitrogen and oxygen atoms in total. The van der Waals surface area contributed by atoms with Gasteiger partial charge in [-0.3, -0.25) is 0 Å². The van der Waals surface area contributed by atoms with Gasteiger partial charge in [0.15, 0.2) is 0 Å². The van der Waals surface area contributed by atoms with E-state index in [2.05, 4.69) is 32.9 Å². The van der Waals surface area contributed by atoms with Crippen molar-refractivity contribution in [3.05, 3.63) is 35.5 Å². The van der Waals surface area contributed by atoms with Gasteiger partial charge in [-0.25, -0.2) is 4.79 Å². The first-order valence-electron chi connectivity index (χ1n) is 8.76. The topological polar surface area (TPSA) is 46.5 Å². The van der Waals surface area contributed by atoms with Crippen molar-refractivity contribution in [3.63, 3.8) is 0 Å². The number of hydrogen-bond donors (Lipinski definition) is 1. The molecule has 1 N–H and O–H groups in total. The van der Waals surface area contributed by atoms with Crippen molar-refractivity contribution >= 4 is 5.97 Å². The minimum absolute atomic E-state index is 0.120. The molecule has 0 spiro atoms. The molecule has 3 atom stereocenters. The smallest absolute Gasteiger partial charge is 0.334 e. The van der Waals surface area contributed by atoms with Crippen LogP contribution in [0.25, 0.3) is 0 Å². The van der Waals surface area contributed by atoms with Crippen LogP contribution in [0.5, 0.6) is 0 Å². The highest BCUT2D eigenvalue weighted by molar-refractivity contribution is 5.90. The fourth-order valence-electron chi connectivity index (χ4n) is 3.23. The molecular weight excluding hydrogens is 288 g/mol. The monoisotopic (exact) mass is 318 g/mol. The molecule has 0 aromatic heterocycles. The van der Waals surface area contributed by atoms with Crippen LogP contribution < -0.4 is 0 Å². The molecule has 0 aromatic rings. The molecule has 0 amide bonds. The summed E-state index contributed by atoms with van der Waals surface area (Å²) < 4.78 is 5.47. The van der Waals surface area contributed by atoms with Gasteiger partial charge in [0.2, 0.25) is 0 Å². The van der Waals surface area contributed by atoms with Crippen LogP contribution in [0.2, 0.25) is 0 Å². The molecule has 1 aliphatic heterocycles. The molecule has 2 aliphatic rings. The fourth-order valence-corrected chi connectivity index (χ4v) is 3.23. The lowest BCUT2D eigenvalue weighted by molar-refractivity contribution is -0.139. The van der Waals surface area contributed by atoms with Gasteiger partial charge in [0.25, 0.3) is 0 Å². The van der Waals surface area contributed by atoms with Crippen LogP contribution in [0.4, 0.5) is 0 Å². The van der Waals surface area contributed by atoms with Gasteiger partial charge < -0.3 is 9.84 Å². The third kappa shape index (κ3) is 5.35. The zero-order valence-corrected chi connectivity index (χ0v) is 14.8. The van der Waals surface area contributed by atoms with E-state index in [0.29, 0.717) is 18.3 Å². The second kappa shape index (κ2) is 7.48. The molecule has 2 rings (SSSR count). The molecule has 1 aliphatic carbocycles. The maximum atomic E-state index is 12.0. The van der Waals surface area contributed by atoms with Crippen LogP contribution >= 0.6 is 0 Å². The Labute approximate surface area is 140 Å². The molecule has 3 heteroatoms. The van der Waals surface area contributed by atoms with Crippen LogP contribution in [0.15, 0.2) is 35.5 Å². The molecule has 2 bridgehead atoms. The van der Waals surface area contributed by atoms with E-state index in [0.717, 1.165) is 31.3 Å². The largest absolute Gasteiger partial charge is 0.454 e. The molecule has 0 saturated carbocycles. The third-order valence-corrected chi connectivity index (χ3v) is 4.88. The highest BCUT2D eigenvalue weighted by Crippen LogP contribution is 2.29. The first-order chi connectivity index (χ1) is 10.8. The maximum Gasteiger partial charge on any atom is 0.334 e. The van der Waals surface area contributed by atoms with Crippen LogP contribution in [-0.2, 0) is 9.53 Å². The Hall–Kier alpha value is -1.35. The molecule has 0 saturated heterocycles. The van der Waals surface area contributed by atoms with E-state index in [1.54, 1.807) is 0 Å². The number of carbonyl (C=O) groups excluding carboxylic acids is 1. The molecule has 0 unspecified atom stereocenters. The second-order valence-electron chi connectivity index (χ2n) is 7.59. The van der Waals surface area contributed by atoms with E-state index in [1.165, 1.54) is 5.57 Å². The lowest BCUT2D eigenvalue weighted by atomic mass is 9.87. The van der Waals surface area contributed by atoms with E-state index in [9.17, 15) is 9.90 Å². The van der Waals surface area contributed by atoms with Crippen LogP contribution in [0.1, 0.15) is 59.8 Å². The Morgan fingerprint density at radius 2 is 2.13 bits per heavy atom. The highest BCUT2D eigenvalue weighted by atomic mass is 16.5. The van der Waals surface area contributed by atoms with Gasteiger partial charge in [0.05, 0.1) is 5.60 Å². The highest BCUT2D eigenvalue weighted by Gasteiger charge is 2.26. The van der Waals surface area contributed by atoms with Gasteiger partial charge in [-0.05, 0) is 57.4 Å². The van der Waals surface area contributed by atoms with Crippen LogP contribution in [0, 0.1) is 11.8 Å². The average Bonchev–Trinajstić information content (AvgIpc) is 2.77. The number of ether oxygens (including phenoxy) is 1. The van der Waals surface area contributed by atoms with Gasteiger partial charge in [-0.15, -0.1) is 0 Å².